The summed E-state index contributed by atoms with van der Waals surface area (Å²) >= 11 is 6.00. The SMILES string of the molecule is Cc1ccoc1C(N)c1c(Cl)cnn1C. The van der Waals surface area contributed by atoms with E-state index < -0.39 is 0 Å². The van der Waals surface area contributed by atoms with Crippen LogP contribution >= 0.6 is 11.6 Å². The highest BCUT2D eigenvalue weighted by Crippen LogP contribution is 2.27. The van der Waals surface area contributed by atoms with E-state index >= 15 is 0 Å². The Hall–Kier alpha value is -1.26. The smallest absolute Gasteiger partial charge is 0.129 e. The molecule has 0 aromatic carbocycles. The fraction of sp³-hybridized carbons (Fsp3) is 0.300. The van der Waals surface area contributed by atoms with Gasteiger partial charge in [-0.25, -0.2) is 0 Å². The number of aryl methyl sites for hydroxylation is 2. The number of rotatable bonds is 2. The molecule has 15 heavy (non-hydrogen) atoms. The first-order valence-corrected chi connectivity index (χ1v) is 4.96. The van der Waals surface area contributed by atoms with Gasteiger partial charge in [-0.05, 0) is 18.6 Å². The first-order valence-electron chi connectivity index (χ1n) is 4.58. The molecule has 80 valence electrons. The van der Waals surface area contributed by atoms with Gasteiger partial charge in [-0.1, -0.05) is 11.6 Å². The van der Waals surface area contributed by atoms with Crippen LogP contribution in [0.4, 0.5) is 0 Å². The molecule has 0 aliphatic carbocycles. The zero-order chi connectivity index (χ0) is 11.0. The monoisotopic (exact) mass is 225 g/mol. The van der Waals surface area contributed by atoms with Crippen LogP contribution in [0.2, 0.25) is 5.02 Å². The van der Waals surface area contributed by atoms with Crippen molar-refractivity contribution in [2.75, 3.05) is 0 Å². The summed E-state index contributed by atoms with van der Waals surface area (Å²) in [5, 5.41) is 4.60. The molecule has 0 radical (unpaired) electrons. The first kappa shape index (κ1) is 10.3. The summed E-state index contributed by atoms with van der Waals surface area (Å²) in [5.74, 6) is 0.723. The lowest BCUT2D eigenvalue weighted by Crippen LogP contribution is -2.16. The summed E-state index contributed by atoms with van der Waals surface area (Å²) in [5.41, 5.74) is 7.84. The third kappa shape index (κ3) is 1.66. The Morgan fingerprint density at radius 2 is 2.33 bits per heavy atom. The van der Waals surface area contributed by atoms with E-state index in [1.807, 2.05) is 13.0 Å². The maximum Gasteiger partial charge on any atom is 0.129 e. The van der Waals surface area contributed by atoms with Gasteiger partial charge < -0.3 is 10.2 Å². The highest BCUT2D eigenvalue weighted by atomic mass is 35.5. The molecule has 2 heterocycles. The number of halogens is 1. The summed E-state index contributed by atoms with van der Waals surface area (Å²) in [6.45, 7) is 1.95. The van der Waals surface area contributed by atoms with Crippen LogP contribution in [0, 0.1) is 6.92 Å². The molecule has 2 rings (SSSR count). The third-order valence-electron chi connectivity index (χ3n) is 2.42. The van der Waals surface area contributed by atoms with Gasteiger partial charge in [-0.3, -0.25) is 4.68 Å². The standard InChI is InChI=1S/C10H12ClN3O/c1-6-3-4-15-10(6)8(12)9-7(11)5-13-14(9)2/h3-5,8H,12H2,1-2H3. The lowest BCUT2D eigenvalue weighted by atomic mass is 10.1. The molecule has 5 heteroatoms. The lowest BCUT2D eigenvalue weighted by molar-refractivity contribution is 0.476. The minimum Gasteiger partial charge on any atom is -0.467 e. The third-order valence-corrected chi connectivity index (χ3v) is 2.71. The highest BCUT2D eigenvalue weighted by molar-refractivity contribution is 6.31. The maximum absolute atomic E-state index is 6.07. The molecule has 0 aliphatic heterocycles. The minimum absolute atomic E-state index is 0.375. The zero-order valence-electron chi connectivity index (χ0n) is 8.57. The molecular formula is C10H12ClN3O. The number of nitrogens with two attached hydrogens (primary N) is 1. The predicted octanol–water partition coefficient (Wildman–Crippen LogP) is 2.02. The molecule has 1 atom stereocenters. The van der Waals surface area contributed by atoms with Gasteiger partial charge >= 0.3 is 0 Å². The van der Waals surface area contributed by atoms with E-state index in [4.69, 9.17) is 21.8 Å². The van der Waals surface area contributed by atoms with Crippen molar-refractivity contribution in [2.45, 2.75) is 13.0 Å². The Labute approximate surface area is 92.6 Å². The van der Waals surface area contributed by atoms with Gasteiger partial charge in [0.2, 0.25) is 0 Å². The number of hydrogen-bond donors (Lipinski definition) is 1. The summed E-state index contributed by atoms with van der Waals surface area (Å²) in [4.78, 5) is 0. The van der Waals surface area contributed by atoms with E-state index in [-0.39, 0.29) is 6.04 Å². The molecule has 1 unspecified atom stereocenters. The van der Waals surface area contributed by atoms with Crippen LogP contribution in [0.15, 0.2) is 22.9 Å². The van der Waals surface area contributed by atoms with Crippen LogP contribution < -0.4 is 5.73 Å². The summed E-state index contributed by atoms with van der Waals surface area (Å²) < 4.78 is 7.00. The fourth-order valence-corrected chi connectivity index (χ4v) is 1.88. The molecule has 2 N–H and O–H groups in total. The van der Waals surface area contributed by atoms with Crippen molar-refractivity contribution in [1.29, 1.82) is 0 Å². The van der Waals surface area contributed by atoms with E-state index in [1.165, 1.54) is 0 Å². The van der Waals surface area contributed by atoms with Crippen molar-refractivity contribution >= 4 is 11.6 Å². The highest BCUT2D eigenvalue weighted by Gasteiger charge is 2.20. The molecule has 0 saturated heterocycles. The summed E-state index contributed by atoms with van der Waals surface area (Å²) in [6.07, 6.45) is 3.20. The maximum atomic E-state index is 6.07. The quantitative estimate of drug-likeness (QED) is 0.851. The normalized spacial score (nSPS) is 13.1. The molecular weight excluding hydrogens is 214 g/mol. The Morgan fingerprint density at radius 3 is 2.80 bits per heavy atom. The average Bonchev–Trinajstić information content (AvgIpc) is 2.73. The van der Waals surface area contributed by atoms with Gasteiger partial charge in [-0.2, -0.15) is 5.10 Å². The largest absolute Gasteiger partial charge is 0.467 e. The first-order chi connectivity index (χ1) is 7.11. The lowest BCUT2D eigenvalue weighted by Gasteiger charge is -2.11. The molecule has 0 bridgehead atoms. The zero-order valence-corrected chi connectivity index (χ0v) is 9.32. The van der Waals surface area contributed by atoms with Gasteiger partial charge in [0, 0.05) is 7.05 Å². The fourth-order valence-electron chi connectivity index (χ4n) is 1.60. The molecule has 0 aliphatic rings. The second-order valence-electron chi connectivity index (χ2n) is 3.45. The number of aromatic nitrogens is 2. The molecule has 0 amide bonds. The number of hydrogen-bond acceptors (Lipinski definition) is 3. The van der Waals surface area contributed by atoms with Crippen molar-refractivity contribution in [2.24, 2.45) is 12.8 Å². The molecule has 2 aromatic rings. The Morgan fingerprint density at radius 1 is 1.60 bits per heavy atom. The second kappa shape index (κ2) is 3.72. The van der Waals surface area contributed by atoms with E-state index in [9.17, 15) is 0 Å². The van der Waals surface area contributed by atoms with E-state index in [2.05, 4.69) is 5.10 Å². The molecule has 4 nitrogen and oxygen atoms in total. The van der Waals surface area contributed by atoms with Crippen LogP contribution in [0.3, 0.4) is 0 Å². The van der Waals surface area contributed by atoms with Crippen LogP contribution in [-0.4, -0.2) is 9.78 Å². The predicted molar refractivity (Wildman–Crippen MR) is 57.7 cm³/mol. The van der Waals surface area contributed by atoms with Crippen molar-refractivity contribution in [3.63, 3.8) is 0 Å². The van der Waals surface area contributed by atoms with Gasteiger partial charge in [0.1, 0.15) is 11.8 Å². The Balaban J connectivity index is 2.45. The number of furan rings is 1. The van der Waals surface area contributed by atoms with Crippen LogP contribution in [0.5, 0.6) is 0 Å². The van der Waals surface area contributed by atoms with E-state index in [1.54, 1.807) is 24.2 Å². The van der Waals surface area contributed by atoms with E-state index in [0.717, 1.165) is 17.0 Å². The molecule has 0 fully saturated rings. The van der Waals surface area contributed by atoms with E-state index in [0.29, 0.717) is 5.02 Å². The Kier molecular flexibility index (Phi) is 2.54. The van der Waals surface area contributed by atoms with Crippen LogP contribution in [-0.2, 0) is 7.05 Å². The molecule has 0 saturated carbocycles. The summed E-state index contributed by atoms with van der Waals surface area (Å²) in [6, 6.07) is 1.50. The van der Waals surface area contributed by atoms with Gasteiger partial charge in [0.25, 0.3) is 0 Å². The number of nitrogens with zero attached hydrogens (tertiary/aromatic N) is 2. The average molecular weight is 226 g/mol. The second-order valence-corrected chi connectivity index (χ2v) is 3.85. The minimum atomic E-state index is -0.375. The topological polar surface area (TPSA) is 57.0 Å². The van der Waals surface area contributed by atoms with Gasteiger partial charge in [0.05, 0.1) is 23.2 Å². The van der Waals surface area contributed by atoms with Crippen molar-refractivity contribution < 1.29 is 4.42 Å². The van der Waals surface area contributed by atoms with Crippen LogP contribution in [0.1, 0.15) is 23.1 Å². The van der Waals surface area contributed by atoms with Crippen molar-refractivity contribution in [1.82, 2.24) is 9.78 Å². The molecule has 2 aromatic heterocycles. The summed E-state index contributed by atoms with van der Waals surface area (Å²) in [7, 11) is 1.80. The Bertz CT molecular complexity index is 455. The van der Waals surface area contributed by atoms with Crippen molar-refractivity contribution in [3.05, 3.63) is 40.6 Å². The van der Waals surface area contributed by atoms with Crippen LogP contribution in [0.25, 0.3) is 0 Å². The van der Waals surface area contributed by atoms with Gasteiger partial charge in [0.15, 0.2) is 0 Å². The molecule has 0 spiro atoms. The van der Waals surface area contributed by atoms with Gasteiger partial charge in [-0.15, -0.1) is 0 Å². The van der Waals surface area contributed by atoms with Crippen molar-refractivity contribution in [3.8, 4) is 0 Å².